The fraction of sp³-hybridized carbons (Fsp3) is 0.850. The summed E-state index contributed by atoms with van der Waals surface area (Å²) < 4.78 is 5.33. The summed E-state index contributed by atoms with van der Waals surface area (Å²) in [5, 5.41) is 12.6. The molecule has 0 aromatic heterocycles. The number of ether oxygens (including phenoxy) is 1. The fourth-order valence-corrected chi connectivity index (χ4v) is 4.34. The van der Waals surface area contributed by atoms with E-state index in [1.54, 1.807) is 0 Å². The van der Waals surface area contributed by atoms with Crippen LogP contribution in [-0.2, 0) is 14.3 Å². The van der Waals surface area contributed by atoms with Gasteiger partial charge >= 0.3 is 0 Å². The maximum atomic E-state index is 12.7. The molecule has 0 aromatic carbocycles. The zero-order valence-electron chi connectivity index (χ0n) is 17.0. The van der Waals surface area contributed by atoms with Crippen LogP contribution in [0.15, 0.2) is 0 Å². The quantitative estimate of drug-likeness (QED) is 0.720. The molecular formula is C20H33N5O3. The number of hydrogen-bond donors (Lipinski definition) is 1. The molecule has 0 unspecified atom stereocenters. The molecule has 0 spiro atoms. The van der Waals surface area contributed by atoms with Gasteiger partial charge < -0.3 is 15.0 Å². The van der Waals surface area contributed by atoms with Crippen molar-refractivity contribution in [1.82, 2.24) is 20.0 Å². The molecule has 3 aliphatic rings. The first-order chi connectivity index (χ1) is 13.5. The third kappa shape index (κ3) is 5.22. The summed E-state index contributed by atoms with van der Waals surface area (Å²) >= 11 is 0. The van der Waals surface area contributed by atoms with E-state index in [4.69, 9.17) is 4.74 Å². The second-order valence-electron chi connectivity index (χ2n) is 8.23. The minimum absolute atomic E-state index is 0.0726. The molecule has 156 valence electrons. The number of hydrogen-bond acceptors (Lipinski definition) is 6. The zero-order valence-corrected chi connectivity index (χ0v) is 17.0. The molecule has 0 radical (unpaired) electrons. The molecule has 2 amide bonds. The van der Waals surface area contributed by atoms with Crippen LogP contribution in [0.3, 0.4) is 0 Å². The summed E-state index contributed by atoms with van der Waals surface area (Å²) in [5.74, 6) is 0.0841. The van der Waals surface area contributed by atoms with E-state index in [1.807, 2.05) is 11.8 Å². The number of rotatable bonds is 5. The first-order valence-electron chi connectivity index (χ1n) is 10.6. The Kier molecular flexibility index (Phi) is 7.27. The van der Waals surface area contributed by atoms with Crippen LogP contribution in [0.4, 0.5) is 0 Å². The summed E-state index contributed by atoms with van der Waals surface area (Å²) in [7, 11) is 0. The van der Waals surface area contributed by atoms with Crippen LogP contribution in [0.2, 0.25) is 0 Å². The lowest BCUT2D eigenvalue weighted by atomic mass is 9.82. The highest BCUT2D eigenvalue weighted by Crippen LogP contribution is 2.27. The summed E-state index contributed by atoms with van der Waals surface area (Å²) in [4.78, 5) is 31.4. The topological polar surface area (TPSA) is 88.9 Å². The number of morpholine rings is 1. The van der Waals surface area contributed by atoms with Crippen molar-refractivity contribution >= 4 is 11.8 Å². The Hall–Kier alpha value is -1.69. The Morgan fingerprint density at radius 3 is 2.32 bits per heavy atom. The number of carbonyl (C=O) groups excluding carboxylic acids is 2. The minimum atomic E-state index is -0.695. The molecule has 0 bridgehead atoms. The van der Waals surface area contributed by atoms with E-state index in [0.29, 0.717) is 45.9 Å². The summed E-state index contributed by atoms with van der Waals surface area (Å²) in [6.45, 7) is 8.00. The third-order valence-corrected chi connectivity index (χ3v) is 6.34. The van der Waals surface area contributed by atoms with Gasteiger partial charge in [0.1, 0.15) is 5.54 Å². The van der Waals surface area contributed by atoms with Gasteiger partial charge in [-0.15, -0.1) is 0 Å². The second-order valence-corrected chi connectivity index (χ2v) is 8.23. The molecule has 1 atom stereocenters. The fourth-order valence-electron chi connectivity index (χ4n) is 4.34. The Bertz CT molecular complexity index is 585. The van der Waals surface area contributed by atoms with Gasteiger partial charge in [0.25, 0.3) is 0 Å². The van der Waals surface area contributed by atoms with E-state index in [-0.39, 0.29) is 17.9 Å². The maximum Gasteiger partial charge on any atom is 0.238 e. The van der Waals surface area contributed by atoms with Gasteiger partial charge in [0.15, 0.2) is 0 Å². The standard InChI is InChI=1S/C20H33N5O3/c1-17(19(27)22-20(16-21)5-3-2-4-6-20)24-7-9-25(10-8-24)18(26)15-23-11-13-28-14-12-23/h17H,2-15H2,1H3,(H,22,27)/t17-/m1/s1. The molecule has 8 nitrogen and oxygen atoms in total. The molecule has 1 N–H and O–H groups in total. The predicted molar refractivity (Wildman–Crippen MR) is 104 cm³/mol. The molecule has 2 aliphatic heterocycles. The molecule has 3 rings (SSSR count). The van der Waals surface area contributed by atoms with Crippen LogP contribution in [0.5, 0.6) is 0 Å². The van der Waals surface area contributed by atoms with Gasteiger partial charge in [0.05, 0.1) is 31.9 Å². The van der Waals surface area contributed by atoms with Crippen LogP contribution >= 0.6 is 0 Å². The van der Waals surface area contributed by atoms with E-state index in [9.17, 15) is 14.9 Å². The molecular weight excluding hydrogens is 358 g/mol. The van der Waals surface area contributed by atoms with Gasteiger partial charge in [0.2, 0.25) is 11.8 Å². The SMILES string of the molecule is C[C@H](C(=O)NC1(C#N)CCCCC1)N1CCN(C(=O)CN2CCOCC2)CC1. The summed E-state index contributed by atoms with van der Waals surface area (Å²) in [6, 6.07) is 2.06. The minimum Gasteiger partial charge on any atom is -0.379 e. The third-order valence-electron chi connectivity index (χ3n) is 6.34. The molecule has 1 saturated carbocycles. The highest BCUT2D eigenvalue weighted by Gasteiger charge is 2.36. The van der Waals surface area contributed by atoms with Crippen molar-refractivity contribution in [3.8, 4) is 6.07 Å². The highest BCUT2D eigenvalue weighted by atomic mass is 16.5. The Labute approximate surface area is 167 Å². The van der Waals surface area contributed by atoms with Crippen LogP contribution in [0.25, 0.3) is 0 Å². The van der Waals surface area contributed by atoms with Gasteiger partial charge in [-0.05, 0) is 19.8 Å². The Balaban J connectivity index is 1.45. The first kappa shape index (κ1) is 21.0. The smallest absolute Gasteiger partial charge is 0.238 e. The van der Waals surface area contributed by atoms with Gasteiger partial charge in [-0.1, -0.05) is 19.3 Å². The lowest BCUT2D eigenvalue weighted by Crippen LogP contribution is -2.59. The number of nitrogens with one attached hydrogen (secondary N) is 1. The average molecular weight is 392 g/mol. The van der Waals surface area contributed by atoms with Crippen molar-refractivity contribution in [3.63, 3.8) is 0 Å². The van der Waals surface area contributed by atoms with E-state index >= 15 is 0 Å². The van der Waals surface area contributed by atoms with E-state index in [1.165, 1.54) is 0 Å². The number of carbonyl (C=O) groups is 2. The lowest BCUT2D eigenvalue weighted by Gasteiger charge is -2.39. The molecule has 2 heterocycles. The summed E-state index contributed by atoms with van der Waals surface area (Å²) in [6.07, 6.45) is 4.60. The number of piperazine rings is 1. The van der Waals surface area contributed by atoms with Gasteiger partial charge in [0, 0.05) is 39.3 Å². The second kappa shape index (κ2) is 9.68. The van der Waals surface area contributed by atoms with Gasteiger partial charge in [-0.25, -0.2) is 0 Å². The monoisotopic (exact) mass is 391 g/mol. The van der Waals surface area contributed by atoms with E-state index in [2.05, 4.69) is 21.2 Å². The molecule has 8 heteroatoms. The first-order valence-corrected chi connectivity index (χ1v) is 10.6. The van der Waals surface area contributed by atoms with Crippen molar-refractivity contribution < 1.29 is 14.3 Å². The average Bonchev–Trinajstić information content (AvgIpc) is 2.74. The van der Waals surface area contributed by atoms with Gasteiger partial charge in [-0.2, -0.15) is 5.26 Å². The van der Waals surface area contributed by atoms with Crippen molar-refractivity contribution in [2.24, 2.45) is 0 Å². The van der Waals surface area contributed by atoms with E-state index in [0.717, 1.165) is 45.2 Å². The molecule has 0 aromatic rings. The van der Waals surface area contributed by atoms with Gasteiger partial charge in [-0.3, -0.25) is 19.4 Å². The normalized spacial score (nSPS) is 24.9. The van der Waals surface area contributed by atoms with E-state index < -0.39 is 5.54 Å². The molecule has 1 aliphatic carbocycles. The number of amides is 2. The molecule has 28 heavy (non-hydrogen) atoms. The van der Waals surface area contributed by atoms with Crippen molar-refractivity contribution in [3.05, 3.63) is 0 Å². The largest absolute Gasteiger partial charge is 0.379 e. The van der Waals surface area contributed by atoms with Crippen molar-refractivity contribution in [1.29, 1.82) is 5.26 Å². The Morgan fingerprint density at radius 1 is 1.07 bits per heavy atom. The van der Waals surface area contributed by atoms with Crippen LogP contribution in [0, 0.1) is 11.3 Å². The molecule has 2 saturated heterocycles. The maximum absolute atomic E-state index is 12.7. The zero-order chi connectivity index (χ0) is 20.0. The van der Waals surface area contributed by atoms with Crippen LogP contribution in [-0.4, -0.2) is 97.1 Å². The molecule has 3 fully saturated rings. The lowest BCUT2D eigenvalue weighted by molar-refractivity contribution is -0.136. The summed E-state index contributed by atoms with van der Waals surface area (Å²) in [5.41, 5.74) is -0.695. The Morgan fingerprint density at radius 2 is 1.71 bits per heavy atom. The van der Waals surface area contributed by atoms with Crippen molar-refractivity contribution in [2.45, 2.75) is 50.6 Å². The van der Waals surface area contributed by atoms with Crippen LogP contribution in [0.1, 0.15) is 39.0 Å². The predicted octanol–water partition coefficient (Wildman–Crippen LogP) is 0.194. The van der Waals surface area contributed by atoms with Crippen LogP contribution < -0.4 is 5.32 Å². The number of nitriles is 1. The number of nitrogens with zero attached hydrogens (tertiary/aromatic N) is 4. The highest BCUT2D eigenvalue weighted by molar-refractivity contribution is 5.82. The van der Waals surface area contributed by atoms with Crippen molar-refractivity contribution in [2.75, 3.05) is 59.0 Å².